The normalized spacial score (nSPS) is 25.7. The van der Waals surface area contributed by atoms with E-state index < -0.39 is 6.04 Å². The molecule has 0 saturated carbocycles. The lowest BCUT2D eigenvalue weighted by molar-refractivity contribution is -0.121. The molecule has 3 rings (SSSR count). The number of benzene rings is 1. The number of rotatable bonds is 3. The third-order valence-corrected chi connectivity index (χ3v) is 5.35. The first-order valence-electron chi connectivity index (χ1n) is 7.26. The lowest BCUT2D eigenvalue weighted by Crippen LogP contribution is -2.42. The molecule has 2 aliphatic heterocycles. The fraction of sp³-hybridized carbons (Fsp3) is 0.500. The maximum absolute atomic E-state index is 12.6. The molecule has 110 valence electrons. The highest BCUT2D eigenvalue weighted by Gasteiger charge is 2.32. The highest BCUT2D eigenvalue weighted by atomic mass is 32.2. The summed E-state index contributed by atoms with van der Waals surface area (Å²) >= 11 is 1.66. The predicted molar refractivity (Wildman–Crippen MR) is 81.8 cm³/mol. The first-order chi connectivity index (χ1) is 10.3. The molecule has 1 saturated heterocycles. The molecule has 5 heteroatoms. The molecular weight excluding hydrogens is 284 g/mol. The third kappa shape index (κ3) is 3.07. The van der Waals surface area contributed by atoms with E-state index in [9.17, 15) is 10.1 Å². The molecule has 21 heavy (non-hydrogen) atoms. The van der Waals surface area contributed by atoms with Crippen molar-refractivity contribution < 1.29 is 9.53 Å². The van der Waals surface area contributed by atoms with Crippen LogP contribution in [-0.4, -0.2) is 30.9 Å². The average molecular weight is 302 g/mol. The van der Waals surface area contributed by atoms with E-state index >= 15 is 0 Å². The van der Waals surface area contributed by atoms with Crippen molar-refractivity contribution in [2.45, 2.75) is 24.1 Å². The number of nitriles is 1. The van der Waals surface area contributed by atoms with Gasteiger partial charge in [-0.2, -0.15) is 5.26 Å². The van der Waals surface area contributed by atoms with E-state index in [1.165, 1.54) is 5.56 Å². The number of aryl methyl sites for hydroxylation is 1. The summed E-state index contributed by atoms with van der Waals surface area (Å²) in [4.78, 5) is 12.6. The van der Waals surface area contributed by atoms with Gasteiger partial charge < -0.3 is 10.1 Å². The van der Waals surface area contributed by atoms with E-state index in [1.54, 1.807) is 11.8 Å². The van der Waals surface area contributed by atoms with Crippen LogP contribution in [0.3, 0.4) is 0 Å². The maximum Gasteiger partial charge on any atom is 0.238 e. The zero-order valence-corrected chi connectivity index (χ0v) is 12.6. The van der Waals surface area contributed by atoms with Crippen LogP contribution in [-0.2, 0) is 16.0 Å². The van der Waals surface area contributed by atoms with Crippen LogP contribution >= 0.6 is 11.8 Å². The van der Waals surface area contributed by atoms with Crippen molar-refractivity contribution in [1.82, 2.24) is 5.32 Å². The molecule has 2 heterocycles. The molecule has 1 N–H and O–H groups in total. The Labute approximate surface area is 128 Å². The molecule has 1 fully saturated rings. The number of thioether (sulfide) groups is 1. The standard InChI is InChI=1S/C16H18N2O2S/c17-9-14(12-5-7-20-10-12)18-16(19)15-13-4-2-1-3-11(13)6-8-21-15/h1-4,12,14-15H,5-8,10H2,(H,18,19)/t12-,14+,15-/m1/s1. The smallest absolute Gasteiger partial charge is 0.238 e. The molecule has 0 bridgehead atoms. The molecule has 0 radical (unpaired) electrons. The molecule has 0 aliphatic carbocycles. The van der Waals surface area contributed by atoms with Crippen molar-refractivity contribution in [1.29, 1.82) is 5.26 Å². The van der Waals surface area contributed by atoms with Crippen LogP contribution in [0, 0.1) is 17.2 Å². The molecule has 2 aliphatic rings. The molecule has 1 aromatic rings. The van der Waals surface area contributed by atoms with E-state index in [4.69, 9.17) is 4.74 Å². The van der Waals surface area contributed by atoms with Crippen molar-refractivity contribution in [2.75, 3.05) is 19.0 Å². The Morgan fingerprint density at radius 2 is 2.33 bits per heavy atom. The zero-order valence-electron chi connectivity index (χ0n) is 11.7. The van der Waals surface area contributed by atoms with Gasteiger partial charge in [0, 0.05) is 12.5 Å². The molecule has 3 atom stereocenters. The van der Waals surface area contributed by atoms with Crippen LogP contribution in [0.4, 0.5) is 0 Å². The second-order valence-electron chi connectivity index (χ2n) is 5.44. The van der Waals surface area contributed by atoms with Crippen LogP contribution in [0.1, 0.15) is 22.8 Å². The lowest BCUT2D eigenvalue weighted by atomic mass is 9.98. The van der Waals surface area contributed by atoms with E-state index in [0.717, 1.165) is 24.2 Å². The monoisotopic (exact) mass is 302 g/mol. The number of carbonyl (C=O) groups is 1. The molecule has 0 unspecified atom stereocenters. The van der Waals surface area contributed by atoms with Crippen molar-refractivity contribution in [3.63, 3.8) is 0 Å². The van der Waals surface area contributed by atoms with Gasteiger partial charge in [0.15, 0.2) is 0 Å². The number of hydrogen-bond donors (Lipinski definition) is 1. The lowest BCUT2D eigenvalue weighted by Gasteiger charge is -2.26. The van der Waals surface area contributed by atoms with Crippen molar-refractivity contribution in [2.24, 2.45) is 5.92 Å². The van der Waals surface area contributed by atoms with Crippen molar-refractivity contribution >= 4 is 17.7 Å². The molecule has 0 spiro atoms. The fourth-order valence-electron chi connectivity index (χ4n) is 2.91. The van der Waals surface area contributed by atoms with Gasteiger partial charge in [0.25, 0.3) is 0 Å². The first kappa shape index (κ1) is 14.4. The van der Waals surface area contributed by atoms with E-state index in [1.807, 2.05) is 18.2 Å². The van der Waals surface area contributed by atoms with E-state index in [-0.39, 0.29) is 17.1 Å². The zero-order chi connectivity index (χ0) is 14.7. The number of fused-ring (bicyclic) bond motifs is 1. The Morgan fingerprint density at radius 3 is 3.10 bits per heavy atom. The van der Waals surface area contributed by atoms with Crippen LogP contribution < -0.4 is 5.32 Å². The Morgan fingerprint density at radius 1 is 1.48 bits per heavy atom. The van der Waals surface area contributed by atoms with Gasteiger partial charge in [-0.25, -0.2) is 0 Å². The highest BCUT2D eigenvalue weighted by Crippen LogP contribution is 2.37. The van der Waals surface area contributed by atoms with Crippen molar-refractivity contribution in [3.05, 3.63) is 35.4 Å². The molecular formula is C16H18N2O2S. The molecule has 1 amide bonds. The predicted octanol–water partition coefficient (Wildman–Crippen LogP) is 2.06. The summed E-state index contributed by atoms with van der Waals surface area (Å²) in [7, 11) is 0. The summed E-state index contributed by atoms with van der Waals surface area (Å²) in [5.41, 5.74) is 2.33. The maximum atomic E-state index is 12.6. The second kappa shape index (κ2) is 6.50. The minimum absolute atomic E-state index is 0.0504. The van der Waals surface area contributed by atoms with Gasteiger partial charge in [-0.3, -0.25) is 4.79 Å². The summed E-state index contributed by atoms with van der Waals surface area (Å²) in [6.45, 7) is 1.24. The topological polar surface area (TPSA) is 62.1 Å². The van der Waals surface area contributed by atoms with E-state index in [0.29, 0.717) is 13.2 Å². The number of nitrogens with one attached hydrogen (secondary N) is 1. The SMILES string of the molecule is N#C[C@H](NC(=O)[C@@H]1SCCc2ccccc21)[C@@H]1CCOC1. The number of ether oxygens (including phenoxy) is 1. The van der Waals surface area contributed by atoms with Crippen LogP contribution in [0.15, 0.2) is 24.3 Å². The van der Waals surface area contributed by atoms with Gasteiger partial charge in [-0.05, 0) is 29.7 Å². The fourth-order valence-corrected chi connectivity index (χ4v) is 4.11. The molecule has 1 aromatic carbocycles. The summed E-state index contributed by atoms with van der Waals surface area (Å²) in [6, 6.07) is 9.85. The van der Waals surface area contributed by atoms with Crippen LogP contribution in [0.2, 0.25) is 0 Å². The second-order valence-corrected chi connectivity index (χ2v) is 6.65. The number of hydrogen-bond acceptors (Lipinski definition) is 4. The molecule has 0 aromatic heterocycles. The summed E-state index contributed by atoms with van der Waals surface area (Å²) < 4.78 is 5.32. The average Bonchev–Trinajstić information content (AvgIpc) is 3.06. The van der Waals surface area contributed by atoms with Gasteiger partial charge in [0.05, 0.1) is 12.7 Å². The van der Waals surface area contributed by atoms with Gasteiger partial charge in [-0.15, -0.1) is 11.8 Å². The van der Waals surface area contributed by atoms with Gasteiger partial charge >= 0.3 is 0 Å². The summed E-state index contributed by atoms with van der Waals surface area (Å²) in [5.74, 6) is 1.01. The van der Waals surface area contributed by atoms with Crippen molar-refractivity contribution in [3.8, 4) is 6.07 Å². The number of nitrogens with zero attached hydrogens (tertiary/aromatic N) is 1. The number of amides is 1. The minimum atomic E-state index is -0.449. The Bertz CT molecular complexity index is 564. The first-order valence-corrected chi connectivity index (χ1v) is 8.31. The Kier molecular flexibility index (Phi) is 4.47. The Balaban J connectivity index is 1.72. The Hall–Kier alpha value is -1.51. The van der Waals surface area contributed by atoms with Gasteiger partial charge in [-0.1, -0.05) is 24.3 Å². The minimum Gasteiger partial charge on any atom is -0.381 e. The van der Waals surface area contributed by atoms with Crippen LogP contribution in [0.5, 0.6) is 0 Å². The van der Waals surface area contributed by atoms with Gasteiger partial charge in [0.1, 0.15) is 11.3 Å². The van der Waals surface area contributed by atoms with Crippen LogP contribution in [0.25, 0.3) is 0 Å². The number of carbonyl (C=O) groups excluding carboxylic acids is 1. The van der Waals surface area contributed by atoms with E-state index in [2.05, 4.69) is 17.5 Å². The highest BCUT2D eigenvalue weighted by molar-refractivity contribution is 8.00. The summed E-state index contributed by atoms with van der Waals surface area (Å²) in [6.07, 6.45) is 1.84. The quantitative estimate of drug-likeness (QED) is 0.928. The largest absolute Gasteiger partial charge is 0.381 e. The summed E-state index contributed by atoms with van der Waals surface area (Å²) in [5, 5.41) is 12.0. The third-order valence-electron chi connectivity index (χ3n) is 4.10. The molecule has 4 nitrogen and oxygen atoms in total. The van der Waals surface area contributed by atoms with Gasteiger partial charge in [0.2, 0.25) is 5.91 Å².